The molecule has 3 rings (SSSR count). The molecule has 1 atom stereocenters. The largest absolute Gasteiger partial charge is 0.355 e. The Bertz CT molecular complexity index is 704. The number of rotatable bonds is 7. The molecule has 0 bridgehead atoms. The van der Waals surface area contributed by atoms with Crippen molar-refractivity contribution in [2.75, 3.05) is 19.3 Å². The summed E-state index contributed by atoms with van der Waals surface area (Å²) in [6.07, 6.45) is 7.51. The molecule has 1 unspecified atom stereocenters. The van der Waals surface area contributed by atoms with E-state index in [2.05, 4.69) is 74.2 Å². The van der Waals surface area contributed by atoms with Crippen LogP contribution in [0.25, 0.3) is 0 Å². The summed E-state index contributed by atoms with van der Waals surface area (Å²) < 4.78 is 2.53. The van der Waals surface area contributed by atoms with Gasteiger partial charge in [-0.3, -0.25) is 4.99 Å². The summed E-state index contributed by atoms with van der Waals surface area (Å²) in [5, 5.41) is 6.87. The minimum atomic E-state index is 0.325. The molecule has 1 aliphatic heterocycles. The van der Waals surface area contributed by atoms with E-state index in [-0.39, 0.29) is 0 Å². The second kappa shape index (κ2) is 9.12. The van der Waals surface area contributed by atoms with Gasteiger partial charge < -0.3 is 15.2 Å². The fraction of sp³-hybridized carbons (Fsp3) is 0.500. The summed E-state index contributed by atoms with van der Waals surface area (Å²) in [7, 11) is 1.82. The Labute approximate surface area is 160 Å². The first-order valence-electron chi connectivity index (χ1n) is 9.31. The van der Waals surface area contributed by atoms with Gasteiger partial charge in [-0.1, -0.05) is 30.3 Å². The molecule has 1 aromatic heterocycles. The van der Waals surface area contributed by atoms with Crippen LogP contribution in [0, 0.1) is 0 Å². The van der Waals surface area contributed by atoms with Crippen molar-refractivity contribution in [2.24, 2.45) is 4.99 Å². The fourth-order valence-electron chi connectivity index (χ4n) is 3.24. The molecule has 1 saturated heterocycles. The summed E-state index contributed by atoms with van der Waals surface area (Å²) in [5.41, 5.74) is 1.35. The van der Waals surface area contributed by atoms with Crippen LogP contribution in [0.1, 0.15) is 31.2 Å². The van der Waals surface area contributed by atoms with Crippen molar-refractivity contribution in [3.05, 3.63) is 54.1 Å². The molecule has 2 heterocycles. The minimum absolute atomic E-state index is 0.325. The first-order valence-corrected chi connectivity index (χ1v) is 10.3. The molecule has 1 fully saturated rings. The maximum Gasteiger partial charge on any atom is 0.191 e. The molecule has 0 radical (unpaired) electrons. The van der Waals surface area contributed by atoms with Gasteiger partial charge in [-0.25, -0.2) is 4.98 Å². The van der Waals surface area contributed by atoms with Crippen LogP contribution in [0.3, 0.4) is 0 Å². The number of aliphatic imine (C=N–C) groups is 1. The summed E-state index contributed by atoms with van der Waals surface area (Å²) in [4.78, 5) is 8.85. The normalized spacial score (nSPS) is 20.3. The molecule has 0 aliphatic carbocycles. The smallest absolute Gasteiger partial charge is 0.191 e. The van der Waals surface area contributed by atoms with Crippen LogP contribution in [-0.4, -0.2) is 39.6 Å². The standard InChI is InChI=1S/C20H29N5S/c1-20(10-6-14-26-20)16-24-19(21-2)23-15-18-22-11-13-25(18)12-9-17-7-4-3-5-8-17/h3-5,7-8,11,13H,6,9-10,12,14-16H2,1-2H3,(H2,21,23,24). The SMILES string of the molecule is CN=C(NCc1nccn1CCc1ccccc1)NCC1(C)CCCS1. The predicted octanol–water partition coefficient (Wildman–Crippen LogP) is 3.08. The quantitative estimate of drug-likeness (QED) is 0.580. The second-order valence-corrected chi connectivity index (χ2v) is 8.64. The zero-order valence-electron chi connectivity index (χ0n) is 15.7. The number of aromatic nitrogens is 2. The Hall–Kier alpha value is -1.95. The van der Waals surface area contributed by atoms with Gasteiger partial charge in [-0.2, -0.15) is 11.8 Å². The maximum absolute atomic E-state index is 4.50. The lowest BCUT2D eigenvalue weighted by atomic mass is 10.1. The van der Waals surface area contributed by atoms with Crippen molar-refractivity contribution in [3.63, 3.8) is 0 Å². The van der Waals surface area contributed by atoms with Crippen molar-refractivity contribution in [1.82, 2.24) is 20.2 Å². The summed E-state index contributed by atoms with van der Waals surface area (Å²) in [6, 6.07) is 10.6. The van der Waals surface area contributed by atoms with Crippen LogP contribution >= 0.6 is 11.8 Å². The summed E-state index contributed by atoms with van der Waals surface area (Å²) in [5.74, 6) is 3.14. The van der Waals surface area contributed by atoms with Crippen molar-refractivity contribution in [2.45, 2.75) is 44.0 Å². The van der Waals surface area contributed by atoms with Crippen molar-refractivity contribution in [3.8, 4) is 0 Å². The average molecular weight is 372 g/mol. The first kappa shape index (κ1) is 18.8. The fourth-order valence-corrected chi connectivity index (χ4v) is 4.48. The van der Waals surface area contributed by atoms with E-state index in [0.717, 1.165) is 31.3 Å². The van der Waals surface area contributed by atoms with Crippen LogP contribution in [0.2, 0.25) is 0 Å². The van der Waals surface area contributed by atoms with Gasteiger partial charge in [-0.05, 0) is 37.5 Å². The van der Waals surface area contributed by atoms with E-state index in [1.54, 1.807) is 0 Å². The van der Waals surface area contributed by atoms with Gasteiger partial charge in [0.1, 0.15) is 5.82 Å². The molecule has 0 spiro atoms. The van der Waals surface area contributed by atoms with E-state index in [4.69, 9.17) is 0 Å². The van der Waals surface area contributed by atoms with E-state index in [1.807, 2.05) is 19.4 Å². The highest BCUT2D eigenvalue weighted by molar-refractivity contribution is 8.00. The highest BCUT2D eigenvalue weighted by Crippen LogP contribution is 2.36. The molecule has 26 heavy (non-hydrogen) atoms. The Kier molecular flexibility index (Phi) is 6.61. The number of nitrogens with one attached hydrogen (secondary N) is 2. The molecule has 2 N–H and O–H groups in total. The van der Waals surface area contributed by atoms with Crippen LogP contribution < -0.4 is 10.6 Å². The first-order chi connectivity index (χ1) is 12.7. The third-order valence-electron chi connectivity index (χ3n) is 4.85. The number of hydrogen-bond acceptors (Lipinski definition) is 3. The van der Waals surface area contributed by atoms with Gasteiger partial charge >= 0.3 is 0 Å². The second-order valence-electron chi connectivity index (χ2n) is 6.95. The number of aryl methyl sites for hydroxylation is 2. The molecule has 140 valence electrons. The summed E-state index contributed by atoms with van der Waals surface area (Å²) >= 11 is 2.06. The van der Waals surface area contributed by atoms with Gasteiger partial charge in [0.15, 0.2) is 5.96 Å². The van der Waals surface area contributed by atoms with Gasteiger partial charge in [-0.15, -0.1) is 0 Å². The topological polar surface area (TPSA) is 54.2 Å². The molecule has 2 aromatic rings. The highest BCUT2D eigenvalue weighted by atomic mass is 32.2. The maximum atomic E-state index is 4.50. The lowest BCUT2D eigenvalue weighted by Gasteiger charge is -2.24. The van der Waals surface area contributed by atoms with Crippen LogP contribution in [-0.2, 0) is 19.5 Å². The van der Waals surface area contributed by atoms with Crippen LogP contribution in [0.5, 0.6) is 0 Å². The van der Waals surface area contributed by atoms with Gasteiger partial charge in [0.25, 0.3) is 0 Å². The van der Waals surface area contributed by atoms with E-state index >= 15 is 0 Å². The molecular formula is C20H29N5S. The lowest BCUT2D eigenvalue weighted by molar-refractivity contribution is 0.581. The molecular weight excluding hydrogens is 342 g/mol. The zero-order chi connectivity index (χ0) is 18.2. The zero-order valence-corrected chi connectivity index (χ0v) is 16.6. The van der Waals surface area contributed by atoms with Gasteiger partial charge in [0.2, 0.25) is 0 Å². The number of imidazole rings is 1. The molecule has 0 saturated carbocycles. The number of benzene rings is 1. The number of nitrogens with zero attached hydrogens (tertiary/aromatic N) is 3. The van der Waals surface area contributed by atoms with Crippen LogP contribution in [0.4, 0.5) is 0 Å². The highest BCUT2D eigenvalue weighted by Gasteiger charge is 2.29. The third kappa shape index (κ3) is 5.27. The number of thioether (sulfide) groups is 1. The number of guanidine groups is 1. The third-order valence-corrected chi connectivity index (χ3v) is 6.39. The molecule has 1 aromatic carbocycles. The van der Waals surface area contributed by atoms with E-state index in [9.17, 15) is 0 Å². The monoisotopic (exact) mass is 371 g/mol. The van der Waals surface area contributed by atoms with E-state index < -0.39 is 0 Å². The lowest BCUT2D eigenvalue weighted by Crippen LogP contribution is -2.43. The van der Waals surface area contributed by atoms with E-state index in [0.29, 0.717) is 11.3 Å². The van der Waals surface area contributed by atoms with Crippen molar-refractivity contribution in [1.29, 1.82) is 0 Å². The van der Waals surface area contributed by atoms with Gasteiger partial charge in [0, 0.05) is 37.3 Å². The van der Waals surface area contributed by atoms with Crippen LogP contribution in [0.15, 0.2) is 47.7 Å². The van der Waals surface area contributed by atoms with Gasteiger partial charge in [0.05, 0.1) is 6.54 Å². The molecule has 1 aliphatic rings. The molecule has 6 heteroatoms. The number of hydrogen-bond donors (Lipinski definition) is 2. The molecule has 0 amide bonds. The van der Waals surface area contributed by atoms with E-state index in [1.165, 1.54) is 24.2 Å². The predicted molar refractivity (Wildman–Crippen MR) is 111 cm³/mol. The Morgan fingerprint density at radius 1 is 1.31 bits per heavy atom. The Morgan fingerprint density at radius 2 is 2.15 bits per heavy atom. The Morgan fingerprint density at radius 3 is 2.88 bits per heavy atom. The average Bonchev–Trinajstić information content (AvgIpc) is 3.30. The molecule has 5 nitrogen and oxygen atoms in total. The summed E-state index contributed by atoms with van der Waals surface area (Å²) in [6.45, 7) is 4.88. The van der Waals surface area contributed by atoms with Crippen molar-refractivity contribution < 1.29 is 0 Å². The Balaban J connectivity index is 1.48. The minimum Gasteiger partial charge on any atom is -0.355 e. The van der Waals surface area contributed by atoms with Crippen molar-refractivity contribution >= 4 is 17.7 Å².